The largest absolute Gasteiger partial charge is 0.369 e. The summed E-state index contributed by atoms with van der Waals surface area (Å²) in [5.41, 5.74) is 1.42. The average molecular weight is 929 g/mol. The van der Waals surface area contributed by atoms with Crippen molar-refractivity contribution < 1.29 is 36.7 Å². The Bertz CT molecular complexity index is 2750. The first-order chi connectivity index (χ1) is 31.7. The highest BCUT2D eigenvalue weighted by molar-refractivity contribution is 6.34. The first-order valence-corrected chi connectivity index (χ1v) is 22.5. The van der Waals surface area contributed by atoms with E-state index in [1.807, 2.05) is 15.9 Å². The van der Waals surface area contributed by atoms with E-state index in [0.717, 1.165) is 12.8 Å². The van der Waals surface area contributed by atoms with E-state index < -0.39 is 41.1 Å². The van der Waals surface area contributed by atoms with Crippen LogP contribution >= 0.6 is 11.6 Å². The summed E-state index contributed by atoms with van der Waals surface area (Å²) in [5.74, 6) is -4.28. The second-order valence-corrected chi connectivity index (χ2v) is 17.7. The number of piperidine rings is 1. The van der Waals surface area contributed by atoms with Crippen LogP contribution in [-0.4, -0.2) is 132 Å². The van der Waals surface area contributed by atoms with Gasteiger partial charge in [0.1, 0.15) is 11.5 Å². The molecule has 3 saturated heterocycles. The fraction of sp³-hybridized carbons (Fsp3) is 0.383. The van der Waals surface area contributed by atoms with Gasteiger partial charge in [-0.25, -0.2) is 22.4 Å². The van der Waals surface area contributed by atoms with Crippen LogP contribution in [0.1, 0.15) is 48.2 Å². The van der Waals surface area contributed by atoms with Crippen LogP contribution in [0.2, 0.25) is 5.02 Å². The maximum absolute atomic E-state index is 16.6. The standard InChI is InChI=1S/C47H49ClF4N10O4/c1-56(2)46(65)36-24-33-32(23-31(43(51)45(33)54-36)28-5-3-13-60(27-28)41(64)11-17-61-14-4-12-53-61)30-6-7-37(44(52)42(30)50)59-21-19-57(20-22-59)29-8-15-58(16-9-29)39-25-34(48)38(26-35(39)49)62-18-10-40(63)55-47(62)66/h4-7,12,14,23-26,29,54H,3,8-11,13,15-22,27H2,1-2H3,(H,55,63,66). The number of aromatic nitrogens is 3. The summed E-state index contributed by atoms with van der Waals surface area (Å²) in [7, 11) is 3.12. The second-order valence-electron chi connectivity index (χ2n) is 17.3. The Morgan fingerprint density at radius 2 is 1.59 bits per heavy atom. The van der Waals surface area contributed by atoms with Crippen LogP contribution in [0.15, 0.2) is 60.9 Å². The number of imide groups is 1. The molecule has 6 heterocycles. The molecule has 0 bridgehead atoms. The van der Waals surface area contributed by atoms with Gasteiger partial charge < -0.3 is 24.6 Å². The van der Waals surface area contributed by atoms with Crippen molar-refractivity contribution in [3.8, 4) is 11.1 Å². The van der Waals surface area contributed by atoms with E-state index in [0.29, 0.717) is 70.0 Å². The van der Waals surface area contributed by atoms with Crippen molar-refractivity contribution in [1.29, 1.82) is 0 Å². The normalized spacial score (nSPS) is 17.7. The molecule has 2 N–H and O–H groups in total. The fourth-order valence-corrected chi connectivity index (χ4v) is 9.85. The summed E-state index contributed by atoms with van der Waals surface area (Å²) in [4.78, 5) is 63.5. The molecule has 0 spiro atoms. The van der Waals surface area contributed by atoms with Crippen molar-refractivity contribution in [2.75, 3.05) is 87.7 Å². The molecule has 66 heavy (non-hydrogen) atoms. The Morgan fingerprint density at radius 1 is 0.833 bits per heavy atom. The highest BCUT2D eigenvalue weighted by Crippen LogP contribution is 2.41. The van der Waals surface area contributed by atoms with Crippen LogP contribution in [-0.2, 0) is 16.1 Å². The van der Waals surface area contributed by atoms with Gasteiger partial charge in [0.05, 0.1) is 27.6 Å². The summed E-state index contributed by atoms with van der Waals surface area (Å²) in [6.45, 7) is 4.21. The Balaban J connectivity index is 0.895. The van der Waals surface area contributed by atoms with Gasteiger partial charge in [0.15, 0.2) is 17.5 Å². The van der Waals surface area contributed by atoms with Gasteiger partial charge in [-0.3, -0.25) is 34.2 Å². The molecule has 5 amide bonds. The van der Waals surface area contributed by atoms with E-state index in [-0.39, 0.29) is 87.6 Å². The van der Waals surface area contributed by atoms with E-state index in [1.165, 1.54) is 46.2 Å². The number of hydrogen-bond donors (Lipinski definition) is 2. The minimum absolute atomic E-state index is 0.0311. The Hall–Kier alpha value is -6.40. The van der Waals surface area contributed by atoms with Gasteiger partial charge in [0.25, 0.3) is 5.91 Å². The van der Waals surface area contributed by atoms with Crippen molar-refractivity contribution in [2.45, 2.75) is 44.7 Å². The number of carbonyl (C=O) groups is 4. The predicted molar refractivity (Wildman–Crippen MR) is 244 cm³/mol. The highest BCUT2D eigenvalue weighted by atomic mass is 35.5. The molecule has 19 heteroatoms. The summed E-state index contributed by atoms with van der Waals surface area (Å²) in [5, 5.41) is 6.80. The summed E-state index contributed by atoms with van der Waals surface area (Å²) in [6.07, 6.45) is 7.48. The zero-order chi connectivity index (χ0) is 46.4. The van der Waals surface area contributed by atoms with E-state index in [9.17, 15) is 19.2 Å². The number of H-pyrrole nitrogens is 1. The van der Waals surface area contributed by atoms with Crippen molar-refractivity contribution in [1.82, 2.24) is 34.8 Å². The Kier molecular flexibility index (Phi) is 12.5. The SMILES string of the molecule is CN(C)C(=O)c1cc2c(-c3ccc(N4CCN(C5CCN(c6cc(Cl)c(N7CCC(=O)NC7=O)cc6F)CC5)CC4)c(F)c3F)cc(C3=CCCN(C(=O)CCn4cccn4)C3)c(F)c2[nH]1. The molecular formula is C47H49ClF4N10O4. The lowest BCUT2D eigenvalue weighted by atomic mass is 9.92. The number of benzene rings is 3. The predicted octanol–water partition coefficient (Wildman–Crippen LogP) is 6.89. The molecule has 3 fully saturated rings. The zero-order valence-corrected chi connectivity index (χ0v) is 37.3. The molecule has 14 nitrogen and oxygen atoms in total. The molecule has 9 rings (SSSR count). The summed E-state index contributed by atoms with van der Waals surface area (Å²) >= 11 is 6.54. The molecule has 0 radical (unpaired) electrons. The number of nitrogens with zero attached hydrogens (tertiary/aromatic N) is 8. The number of aryl methyl sites for hydroxylation is 1. The third kappa shape index (κ3) is 8.70. The topological polar surface area (TPSA) is 133 Å². The lowest BCUT2D eigenvalue weighted by molar-refractivity contribution is -0.131. The van der Waals surface area contributed by atoms with Crippen molar-refractivity contribution in [3.63, 3.8) is 0 Å². The van der Waals surface area contributed by atoms with Gasteiger partial charge in [0, 0.05) is 133 Å². The van der Waals surface area contributed by atoms with E-state index >= 15 is 17.6 Å². The smallest absolute Gasteiger partial charge is 0.328 e. The van der Waals surface area contributed by atoms with Gasteiger partial charge in [-0.05, 0) is 66.8 Å². The van der Waals surface area contributed by atoms with Crippen molar-refractivity contribution >= 4 is 68.9 Å². The molecule has 0 atom stereocenters. The third-order valence-electron chi connectivity index (χ3n) is 13.1. The van der Waals surface area contributed by atoms with Crippen LogP contribution in [0.5, 0.6) is 0 Å². The molecule has 2 aromatic heterocycles. The number of halogens is 5. The molecule has 5 aromatic rings. The van der Waals surface area contributed by atoms with Crippen molar-refractivity contribution in [2.24, 2.45) is 0 Å². The molecule has 0 aliphatic carbocycles. The molecular weight excluding hydrogens is 880 g/mol. The van der Waals surface area contributed by atoms with Crippen LogP contribution in [0.3, 0.4) is 0 Å². The van der Waals surface area contributed by atoms with Gasteiger partial charge in [0.2, 0.25) is 11.8 Å². The minimum atomic E-state index is -1.11. The van der Waals surface area contributed by atoms with Crippen LogP contribution in [0, 0.1) is 23.3 Å². The number of nitrogens with one attached hydrogen (secondary N) is 2. The first-order valence-electron chi connectivity index (χ1n) is 22.1. The number of hydrogen-bond acceptors (Lipinski definition) is 8. The van der Waals surface area contributed by atoms with E-state index in [4.69, 9.17) is 11.6 Å². The lowest BCUT2D eigenvalue weighted by Crippen LogP contribution is -2.53. The lowest BCUT2D eigenvalue weighted by Gasteiger charge is -2.44. The number of amides is 5. The number of urea groups is 1. The Labute approximate surface area is 383 Å². The number of carbonyl (C=O) groups excluding carboxylic acids is 4. The summed E-state index contributed by atoms with van der Waals surface area (Å²) in [6, 6.07) is 10.0. The number of rotatable bonds is 10. The number of aromatic amines is 1. The van der Waals surface area contributed by atoms with Gasteiger partial charge in [-0.15, -0.1) is 0 Å². The number of anilines is 3. The molecule has 346 valence electrons. The number of piperazine rings is 1. The molecule has 3 aromatic carbocycles. The van der Waals surface area contributed by atoms with Crippen LogP contribution in [0.25, 0.3) is 27.6 Å². The maximum atomic E-state index is 16.6. The van der Waals surface area contributed by atoms with Crippen LogP contribution < -0.4 is 20.0 Å². The number of fused-ring (bicyclic) bond motifs is 1. The van der Waals surface area contributed by atoms with E-state index in [1.54, 1.807) is 42.1 Å². The fourth-order valence-electron chi connectivity index (χ4n) is 9.59. The average Bonchev–Trinajstić information content (AvgIpc) is 4.02. The maximum Gasteiger partial charge on any atom is 0.328 e. The Morgan fingerprint density at radius 3 is 2.30 bits per heavy atom. The minimum Gasteiger partial charge on any atom is -0.369 e. The van der Waals surface area contributed by atoms with Gasteiger partial charge in [-0.2, -0.15) is 5.10 Å². The first kappa shape index (κ1) is 44.8. The third-order valence-corrected chi connectivity index (χ3v) is 13.4. The summed E-state index contributed by atoms with van der Waals surface area (Å²) < 4.78 is 66.8. The monoisotopic (exact) mass is 928 g/mol. The van der Waals surface area contributed by atoms with Gasteiger partial charge >= 0.3 is 6.03 Å². The molecule has 0 saturated carbocycles. The van der Waals surface area contributed by atoms with Crippen LogP contribution in [0.4, 0.5) is 39.4 Å². The quantitative estimate of drug-likeness (QED) is 0.145. The molecule has 0 unspecified atom stereocenters. The second kappa shape index (κ2) is 18.5. The molecule has 4 aliphatic rings. The zero-order valence-electron chi connectivity index (χ0n) is 36.6. The van der Waals surface area contributed by atoms with Crippen molar-refractivity contribution in [3.05, 3.63) is 100 Å². The highest BCUT2D eigenvalue weighted by Gasteiger charge is 2.33. The van der Waals surface area contributed by atoms with E-state index in [2.05, 4.69) is 20.3 Å². The van der Waals surface area contributed by atoms with Gasteiger partial charge in [-0.1, -0.05) is 17.7 Å². The molecule has 4 aliphatic heterocycles.